The highest BCUT2D eigenvalue weighted by atomic mass is 32.2. The molecule has 0 amide bonds. The predicted molar refractivity (Wildman–Crippen MR) is 139 cm³/mol. The molecular formula is C27H24FN5O3S. The van der Waals surface area contributed by atoms with Crippen LogP contribution >= 0.6 is 0 Å². The lowest BCUT2D eigenvalue weighted by Crippen LogP contribution is -2.33. The molecule has 0 aliphatic carbocycles. The number of hydrogen-bond donors (Lipinski definition) is 0. The van der Waals surface area contributed by atoms with Crippen LogP contribution in [0.1, 0.15) is 19.4 Å². The van der Waals surface area contributed by atoms with Gasteiger partial charge in [0.05, 0.1) is 23.2 Å². The molecule has 0 radical (unpaired) electrons. The summed E-state index contributed by atoms with van der Waals surface area (Å²) in [5.74, 6) is 0.759. The van der Waals surface area contributed by atoms with Crippen LogP contribution in [0.4, 0.5) is 4.39 Å². The molecule has 0 bridgehead atoms. The fraction of sp³-hybridized carbons (Fsp3) is 0.222. The van der Waals surface area contributed by atoms with E-state index in [9.17, 15) is 12.8 Å². The molecule has 5 aromatic rings. The van der Waals surface area contributed by atoms with Crippen LogP contribution in [0.5, 0.6) is 0 Å². The highest BCUT2D eigenvalue weighted by Gasteiger charge is 2.36. The van der Waals surface area contributed by atoms with Gasteiger partial charge >= 0.3 is 0 Å². The lowest BCUT2D eigenvalue weighted by molar-refractivity contribution is 0.404. The summed E-state index contributed by atoms with van der Waals surface area (Å²) in [4.78, 5) is 9.29. The van der Waals surface area contributed by atoms with Crippen molar-refractivity contribution in [2.45, 2.75) is 25.4 Å². The van der Waals surface area contributed by atoms with E-state index < -0.39 is 10.0 Å². The minimum atomic E-state index is -3.34. The van der Waals surface area contributed by atoms with Crippen LogP contribution in [0.3, 0.4) is 0 Å². The standard InChI is InChI=1S/C27H24FN5O3S/c1-17-12-22(15-33(17)37(2,34)35)32-16-23(25(31-32)19-8-10-21(28)11-9-19)26-29-14-20-13-24(36-27(20)30-26)18-6-4-3-5-7-18/h3-11,13-14,16-17,22H,12,15H2,1-2H3/t17-,22+/m0/s1. The fourth-order valence-electron chi connectivity index (χ4n) is 4.90. The molecule has 2 aromatic carbocycles. The molecular weight excluding hydrogens is 493 g/mol. The van der Waals surface area contributed by atoms with Crippen molar-refractivity contribution in [3.63, 3.8) is 0 Å². The lowest BCUT2D eigenvalue weighted by atomic mass is 10.1. The second-order valence-electron chi connectivity index (χ2n) is 9.38. The maximum Gasteiger partial charge on any atom is 0.230 e. The summed E-state index contributed by atoms with van der Waals surface area (Å²) in [5.41, 5.74) is 3.32. The van der Waals surface area contributed by atoms with E-state index in [-0.39, 0.29) is 17.9 Å². The van der Waals surface area contributed by atoms with Crippen molar-refractivity contribution in [1.29, 1.82) is 0 Å². The molecule has 0 spiro atoms. The van der Waals surface area contributed by atoms with Gasteiger partial charge < -0.3 is 4.42 Å². The third-order valence-corrected chi connectivity index (χ3v) is 8.08. The zero-order valence-corrected chi connectivity index (χ0v) is 21.1. The molecule has 0 saturated carbocycles. The first-order chi connectivity index (χ1) is 17.8. The van der Waals surface area contributed by atoms with Gasteiger partial charge in [0.25, 0.3) is 0 Å². The molecule has 1 saturated heterocycles. The summed E-state index contributed by atoms with van der Waals surface area (Å²) in [6, 6.07) is 17.4. The molecule has 8 nitrogen and oxygen atoms in total. The van der Waals surface area contributed by atoms with Gasteiger partial charge in [-0.25, -0.2) is 17.8 Å². The van der Waals surface area contributed by atoms with Gasteiger partial charge in [-0.1, -0.05) is 30.3 Å². The molecule has 37 heavy (non-hydrogen) atoms. The van der Waals surface area contributed by atoms with E-state index in [1.54, 1.807) is 23.0 Å². The van der Waals surface area contributed by atoms with E-state index in [0.29, 0.717) is 47.1 Å². The average Bonchev–Trinajstić information content (AvgIpc) is 3.60. The molecule has 188 valence electrons. The maximum absolute atomic E-state index is 13.7. The van der Waals surface area contributed by atoms with Crippen molar-refractivity contribution in [3.05, 3.63) is 78.9 Å². The van der Waals surface area contributed by atoms with Crippen LogP contribution in [-0.2, 0) is 10.0 Å². The molecule has 2 atom stereocenters. The zero-order chi connectivity index (χ0) is 25.7. The van der Waals surface area contributed by atoms with E-state index in [4.69, 9.17) is 14.5 Å². The van der Waals surface area contributed by atoms with Gasteiger partial charge in [0.2, 0.25) is 15.7 Å². The number of nitrogens with zero attached hydrogens (tertiary/aromatic N) is 5. The van der Waals surface area contributed by atoms with Gasteiger partial charge in [-0.3, -0.25) is 4.68 Å². The molecule has 1 fully saturated rings. The quantitative estimate of drug-likeness (QED) is 0.320. The van der Waals surface area contributed by atoms with Gasteiger partial charge in [-0.05, 0) is 43.7 Å². The number of aromatic nitrogens is 4. The topological polar surface area (TPSA) is 94.1 Å². The Morgan fingerprint density at radius 3 is 2.51 bits per heavy atom. The van der Waals surface area contributed by atoms with Crippen molar-refractivity contribution < 1.29 is 17.2 Å². The monoisotopic (exact) mass is 517 g/mol. The minimum Gasteiger partial charge on any atom is -0.438 e. The SMILES string of the molecule is C[C@H]1C[C@@H](n2cc(-c3ncc4cc(-c5ccccc5)oc4n3)c(-c3ccc(F)cc3)n2)CN1S(C)(=O)=O. The van der Waals surface area contributed by atoms with Gasteiger partial charge in [0.15, 0.2) is 5.82 Å². The van der Waals surface area contributed by atoms with Crippen molar-refractivity contribution in [2.24, 2.45) is 0 Å². The Hall–Kier alpha value is -3.89. The third kappa shape index (κ3) is 4.42. The largest absolute Gasteiger partial charge is 0.438 e. The van der Waals surface area contributed by atoms with Crippen molar-refractivity contribution in [3.8, 4) is 34.0 Å². The van der Waals surface area contributed by atoms with Crippen LogP contribution in [0, 0.1) is 5.82 Å². The number of halogens is 1. The highest BCUT2D eigenvalue weighted by molar-refractivity contribution is 7.88. The Balaban J connectivity index is 1.44. The second kappa shape index (κ2) is 8.89. The Bertz CT molecular complexity index is 1700. The normalized spacial score (nSPS) is 18.6. The molecule has 0 N–H and O–H groups in total. The third-order valence-electron chi connectivity index (χ3n) is 6.72. The lowest BCUT2D eigenvalue weighted by Gasteiger charge is -2.17. The second-order valence-corrected chi connectivity index (χ2v) is 11.3. The predicted octanol–water partition coefficient (Wildman–Crippen LogP) is 5.15. The average molecular weight is 518 g/mol. The van der Waals surface area contributed by atoms with Crippen molar-refractivity contribution in [1.82, 2.24) is 24.1 Å². The number of rotatable bonds is 5. The van der Waals surface area contributed by atoms with Crippen LogP contribution < -0.4 is 0 Å². The number of sulfonamides is 1. The molecule has 1 aliphatic rings. The molecule has 6 rings (SSSR count). The van der Waals surface area contributed by atoms with Crippen LogP contribution in [-0.4, -0.2) is 51.3 Å². The van der Waals surface area contributed by atoms with Crippen LogP contribution in [0.2, 0.25) is 0 Å². The highest BCUT2D eigenvalue weighted by Crippen LogP contribution is 2.35. The zero-order valence-electron chi connectivity index (χ0n) is 20.2. The molecule has 0 unspecified atom stereocenters. The van der Waals surface area contributed by atoms with Gasteiger partial charge in [0.1, 0.15) is 17.3 Å². The van der Waals surface area contributed by atoms with E-state index in [0.717, 1.165) is 10.9 Å². The van der Waals surface area contributed by atoms with E-state index in [1.165, 1.54) is 22.7 Å². The Morgan fingerprint density at radius 2 is 1.81 bits per heavy atom. The summed E-state index contributed by atoms with van der Waals surface area (Å²) >= 11 is 0. The minimum absolute atomic E-state index is 0.144. The molecule has 10 heteroatoms. The molecule has 4 heterocycles. The first kappa shape index (κ1) is 23.5. The van der Waals surface area contributed by atoms with Crippen LogP contribution in [0.15, 0.2) is 77.5 Å². The summed E-state index contributed by atoms with van der Waals surface area (Å²) in [6.07, 6.45) is 5.39. The molecule has 1 aliphatic heterocycles. The summed E-state index contributed by atoms with van der Waals surface area (Å²) in [6.45, 7) is 2.22. The Morgan fingerprint density at radius 1 is 1.05 bits per heavy atom. The first-order valence-electron chi connectivity index (χ1n) is 11.9. The maximum atomic E-state index is 13.7. The Labute approximate surface area is 213 Å². The van der Waals surface area contributed by atoms with Gasteiger partial charge in [-0.15, -0.1) is 0 Å². The van der Waals surface area contributed by atoms with Crippen LogP contribution in [0.25, 0.3) is 45.1 Å². The van der Waals surface area contributed by atoms with Gasteiger partial charge in [0, 0.05) is 36.1 Å². The van der Waals surface area contributed by atoms with E-state index in [2.05, 4.69) is 4.98 Å². The van der Waals surface area contributed by atoms with Crippen molar-refractivity contribution >= 4 is 21.1 Å². The summed E-state index contributed by atoms with van der Waals surface area (Å²) in [5, 5.41) is 5.58. The Kier molecular flexibility index (Phi) is 5.65. The fourth-order valence-corrected chi connectivity index (χ4v) is 6.08. The van der Waals surface area contributed by atoms with E-state index in [1.807, 2.05) is 49.5 Å². The van der Waals surface area contributed by atoms with Gasteiger partial charge in [-0.2, -0.15) is 14.4 Å². The molecule has 3 aromatic heterocycles. The summed E-state index contributed by atoms with van der Waals surface area (Å²) < 4.78 is 47.4. The first-order valence-corrected chi connectivity index (χ1v) is 13.8. The number of furan rings is 1. The number of fused-ring (bicyclic) bond motifs is 1. The number of benzene rings is 2. The number of hydrogen-bond acceptors (Lipinski definition) is 6. The van der Waals surface area contributed by atoms with E-state index >= 15 is 0 Å². The summed E-state index contributed by atoms with van der Waals surface area (Å²) in [7, 11) is -3.34. The smallest absolute Gasteiger partial charge is 0.230 e. The van der Waals surface area contributed by atoms with Crippen molar-refractivity contribution in [2.75, 3.05) is 12.8 Å².